The summed E-state index contributed by atoms with van der Waals surface area (Å²) in [5.74, 6) is 0.166. The minimum atomic E-state index is -0.704. The number of hydrogen-bond acceptors (Lipinski definition) is 5. The first kappa shape index (κ1) is 23.6. The minimum absolute atomic E-state index is 0.289. The standard InChI is InChI=1S/C24H28N4O5/c1-5-13-28-15(2)20(22(29)33-4)21(27-24(28)31)16-7-6-8-18(14-16)26-23(30)25-17-9-11-19(32-3)12-10-17/h6-12,14,21H,5,13H2,1-4H3,(H,27,31)(H2,25,26,30). The van der Waals surface area contributed by atoms with Crippen LogP contribution in [0.15, 0.2) is 59.8 Å². The second-order valence-corrected chi connectivity index (χ2v) is 7.46. The van der Waals surface area contributed by atoms with E-state index in [9.17, 15) is 14.4 Å². The van der Waals surface area contributed by atoms with Crippen LogP contribution in [-0.2, 0) is 9.53 Å². The summed E-state index contributed by atoms with van der Waals surface area (Å²) >= 11 is 0. The summed E-state index contributed by atoms with van der Waals surface area (Å²) in [6.07, 6.45) is 0.743. The topological polar surface area (TPSA) is 109 Å². The average Bonchev–Trinajstić information content (AvgIpc) is 2.81. The van der Waals surface area contributed by atoms with E-state index in [1.807, 2.05) is 6.92 Å². The van der Waals surface area contributed by atoms with Gasteiger partial charge in [-0.05, 0) is 55.3 Å². The van der Waals surface area contributed by atoms with Crippen LogP contribution < -0.4 is 20.7 Å². The Labute approximate surface area is 192 Å². The van der Waals surface area contributed by atoms with Crippen molar-refractivity contribution >= 4 is 29.4 Å². The zero-order valence-electron chi connectivity index (χ0n) is 19.1. The van der Waals surface area contributed by atoms with Gasteiger partial charge in [0.15, 0.2) is 0 Å². The Balaban J connectivity index is 1.82. The smallest absolute Gasteiger partial charge is 0.337 e. The SMILES string of the molecule is CCCN1C(=O)NC(c2cccc(NC(=O)Nc3ccc(OC)cc3)c2)C(C(=O)OC)=C1C. The molecule has 0 spiro atoms. The highest BCUT2D eigenvalue weighted by molar-refractivity contribution is 6.00. The molecule has 1 aliphatic heterocycles. The van der Waals surface area contributed by atoms with E-state index in [-0.39, 0.29) is 6.03 Å². The molecule has 4 amide bonds. The maximum absolute atomic E-state index is 12.7. The van der Waals surface area contributed by atoms with Crippen LogP contribution in [0, 0.1) is 0 Å². The van der Waals surface area contributed by atoms with Gasteiger partial charge in [0.2, 0.25) is 0 Å². The number of urea groups is 2. The maximum atomic E-state index is 12.7. The van der Waals surface area contributed by atoms with Crippen molar-refractivity contribution in [2.75, 3.05) is 31.4 Å². The number of anilines is 2. The molecule has 2 aromatic rings. The zero-order valence-corrected chi connectivity index (χ0v) is 19.1. The minimum Gasteiger partial charge on any atom is -0.497 e. The van der Waals surface area contributed by atoms with Gasteiger partial charge in [-0.2, -0.15) is 0 Å². The summed E-state index contributed by atoms with van der Waals surface area (Å²) in [4.78, 5) is 39.3. The number of benzene rings is 2. The molecule has 0 saturated carbocycles. The quantitative estimate of drug-likeness (QED) is 0.544. The van der Waals surface area contributed by atoms with Gasteiger partial charge >= 0.3 is 18.0 Å². The van der Waals surface area contributed by atoms with Gasteiger partial charge in [-0.25, -0.2) is 14.4 Å². The van der Waals surface area contributed by atoms with E-state index in [0.29, 0.717) is 40.5 Å². The van der Waals surface area contributed by atoms with Crippen LogP contribution in [0.1, 0.15) is 31.9 Å². The molecular weight excluding hydrogens is 424 g/mol. The fraction of sp³-hybridized carbons (Fsp3) is 0.292. The van der Waals surface area contributed by atoms with E-state index in [2.05, 4.69) is 16.0 Å². The molecule has 0 radical (unpaired) electrons. The molecule has 33 heavy (non-hydrogen) atoms. The van der Waals surface area contributed by atoms with E-state index in [0.717, 1.165) is 6.42 Å². The number of nitrogens with zero attached hydrogens (tertiary/aromatic N) is 1. The van der Waals surface area contributed by atoms with Crippen LogP contribution in [-0.4, -0.2) is 43.7 Å². The lowest BCUT2D eigenvalue weighted by atomic mass is 9.94. The first-order valence-corrected chi connectivity index (χ1v) is 10.6. The highest BCUT2D eigenvalue weighted by Crippen LogP contribution is 2.32. The summed E-state index contributed by atoms with van der Waals surface area (Å²) in [5, 5.41) is 8.40. The molecule has 0 bridgehead atoms. The van der Waals surface area contributed by atoms with E-state index in [4.69, 9.17) is 9.47 Å². The normalized spacial score (nSPS) is 15.6. The van der Waals surface area contributed by atoms with Crippen LogP contribution in [0.4, 0.5) is 21.0 Å². The van der Waals surface area contributed by atoms with E-state index in [1.54, 1.807) is 62.6 Å². The number of carbonyl (C=O) groups excluding carboxylic acids is 3. The van der Waals surface area contributed by atoms with Crippen LogP contribution >= 0.6 is 0 Å². The average molecular weight is 453 g/mol. The Morgan fingerprint density at radius 3 is 2.39 bits per heavy atom. The van der Waals surface area contributed by atoms with E-state index in [1.165, 1.54) is 12.0 Å². The third-order valence-corrected chi connectivity index (χ3v) is 5.27. The van der Waals surface area contributed by atoms with Crippen LogP contribution in [0.25, 0.3) is 0 Å². The predicted molar refractivity (Wildman–Crippen MR) is 125 cm³/mol. The van der Waals surface area contributed by atoms with Crippen molar-refractivity contribution in [3.63, 3.8) is 0 Å². The number of amides is 4. The van der Waals surface area contributed by atoms with Gasteiger partial charge in [0.25, 0.3) is 0 Å². The predicted octanol–water partition coefficient (Wildman–Crippen LogP) is 4.26. The molecule has 0 fully saturated rings. The van der Waals surface area contributed by atoms with Crippen molar-refractivity contribution in [2.45, 2.75) is 26.3 Å². The molecule has 9 heteroatoms. The second kappa shape index (κ2) is 10.5. The van der Waals surface area contributed by atoms with Gasteiger partial charge in [0.05, 0.1) is 25.8 Å². The number of carbonyl (C=O) groups is 3. The Bertz CT molecular complexity index is 1060. The number of hydrogen-bond donors (Lipinski definition) is 3. The fourth-order valence-electron chi connectivity index (χ4n) is 3.66. The molecule has 0 aromatic heterocycles. The number of esters is 1. The lowest BCUT2D eigenvalue weighted by molar-refractivity contribution is -0.136. The Hall–Kier alpha value is -4.01. The number of allylic oxidation sites excluding steroid dienone is 1. The molecule has 3 N–H and O–H groups in total. The number of methoxy groups -OCH3 is 2. The van der Waals surface area contributed by atoms with Crippen molar-refractivity contribution in [3.05, 3.63) is 65.4 Å². The van der Waals surface area contributed by atoms with E-state index >= 15 is 0 Å². The van der Waals surface area contributed by atoms with Crippen molar-refractivity contribution in [2.24, 2.45) is 0 Å². The van der Waals surface area contributed by atoms with Crippen LogP contribution in [0.3, 0.4) is 0 Å². The first-order chi connectivity index (χ1) is 15.9. The Morgan fingerprint density at radius 1 is 1.06 bits per heavy atom. The monoisotopic (exact) mass is 452 g/mol. The third kappa shape index (κ3) is 5.43. The van der Waals surface area contributed by atoms with Gasteiger partial charge in [-0.3, -0.25) is 4.90 Å². The lowest BCUT2D eigenvalue weighted by Crippen LogP contribution is -2.48. The second-order valence-electron chi connectivity index (χ2n) is 7.46. The summed E-state index contributed by atoms with van der Waals surface area (Å²) in [6.45, 7) is 4.17. The van der Waals surface area contributed by atoms with Crippen molar-refractivity contribution in [1.29, 1.82) is 0 Å². The molecule has 0 saturated heterocycles. The van der Waals surface area contributed by atoms with Gasteiger partial charge in [-0.15, -0.1) is 0 Å². The zero-order chi connectivity index (χ0) is 24.0. The molecule has 1 unspecified atom stereocenters. The van der Waals surface area contributed by atoms with Crippen LogP contribution in [0.5, 0.6) is 5.75 Å². The molecule has 9 nitrogen and oxygen atoms in total. The van der Waals surface area contributed by atoms with Gasteiger partial charge in [-0.1, -0.05) is 19.1 Å². The summed E-state index contributed by atoms with van der Waals surface area (Å²) in [6, 6.07) is 12.5. The molecule has 3 rings (SSSR count). The Morgan fingerprint density at radius 2 is 1.76 bits per heavy atom. The van der Waals surface area contributed by atoms with Crippen LogP contribution in [0.2, 0.25) is 0 Å². The molecule has 1 heterocycles. The molecule has 174 valence electrons. The number of nitrogens with one attached hydrogen (secondary N) is 3. The molecule has 1 atom stereocenters. The Kier molecular flexibility index (Phi) is 7.55. The molecule has 2 aromatic carbocycles. The van der Waals surface area contributed by atoms with Crippen molar-refractivity contribution in [1.82, 2.24) is 10.2 Å². The lowest BCUT2D eigenvalue weighted by Gasteiger charge is -2.35. The molecule has 1 aliphatic rings. The summed E-state index contributed by atoms with van der Waals surface area (Å²) < 4.78 is 10.1. The van der Waals surface area contributed by atoms with Gasteiger partial charge < -0.3 is 25.4 Å². The number of ether oxygens (including phenoxy) is 2. The molecule has 0 aliphatic carbocycles. The van der Waals surface area contributed by atoms with Gasteiger partial charge in [0, 0.05) is 23.6 Å². The van der Waals surface area contributed by atoms with Crippen molar-refractivity contribution in [3.8, 4) is 5.75 Å². The third-order valence-electron chi connectivity index (χ3n) is 5.27. The highest BCUT2D eigenvalue weighted by atomic mass is 16.5. The number of rotatable bonds is 7. The molecular formula is C24H28N4O5. The van der Waals surface area contributed by atoms with Crippen molar-refractivity contribution < 1.29 is 23.9 Å². The maximum Gasteiger partial charge on any atom is 0.337 e. The summed E-state index contributed by atoms with van der Waals surface area (Å²) in [7, 11) is 2.88. The first-order valence-electron chi connectivity index (χ1n) is 10.6. The van der Waals surface area contributed by atoms with E-state index < -0.39 is 18.0 Å². The summed E-state index contributed by atoms with van der Waals surface area (Å²) in [5.41, 5.74) is 2.65. The largest absolute Gasteiger partial charge is 0.497 e. The fourth-order valence-corrected chi connectivity index (χ4v) is 3.66. The highest BCUT2D eigenvalue weighted by Gasteiger charge is 2.36. The van der Waals surface area contributed by atoms with Gasteiger partial charge in [0.1, 0.15) is 5.75 Å².